The summed E-state index contributed by atoms with van der Waals surface area (Å²) in [7, 11) is 0. The Morgan fingerprint density at radius 1 is 1.50 bits per heavy atom. The number of urea groups is 1. The largest absolute Gasteiger partial charge is 0.443 e. The summed E-state index contributed by atoms with van der Waals surface area (Å²) < 4.78 is 5.05. The van der Waals surface area contributed by atoms with E-state index >= 15 is 0 Å². The van der Waals surface area contributed by atoms with Crippen LogP contribution in [0.1, 0.15) is 0 Å². The molecule has 2 aromatic rings. The summed E-state index contributed by atoms with van der Waals surface area (Å²) in [5.74, 6) is 0.315. The number of hydrogen-bond acceptors (Lipinski definition) is 4. The Morgan fingerprint density at radius 2 is 2.31 bits per heavy atom. The SMILES string of the molecule is NC(=O)Nc1cnc(-c2ncco2)c(Cl)c1. The lowest BCUT2D eigenvalue weighted by molar-refractivity contribution is 0.259. The predicted molar refractivity (Wildman–Crippen MR) is 58.0 cm³/mol. The van der Waals surface area contributed by atoms with Gasteiger partial charge in [0, 0.05) is 0 Å². The number of carbonyl (C=O) groups is 1. The second-order valence-electron chi connectivity index (χ2n) is 2.88. The number of nitrogens with one attached hydrogen (secondary N) is 1. The normalized spacial score (nSPS) is 10.1. The zero-order chi connectivity index (χ0) is 11.5. The van der Waals surface area contributed by atoms with Crippen molar-refractivity contribution in [3.63, 3.8) is 0 Å². The molecule has 0 radical (unpaired) electrons. The molecular weight excluding hydrogens is 232 g/mol. The van der Waals surface area contributed by atoms with Crippen LogP contribution in [0.2, 0.25) is 5.02 Å². The number of carbonyl (C=O) groups excluding carboxylic acids is 1. The summed E-state index contributed by atoms with van der Waals surface area (Å²) in [5, 5.41) is 2.67. The maximum Gasteiger partial charge on any atom is 0.316 e. The Hall–Kier alpha value is -2.08. The van der Waals surface area contributed by atoms with Gasteiger partial charge in [-0.3, -0.25) is 0 Å². The molecular formula is C9H7ClN4O2. The molecule has 0 aliphatic rings. The first kappa shape index (κ1) is 10.4. The number of aromatic nitrogens is 2. The summed E-state index contributed by atoms with van der Waals surface area (Å²) in [5.41, 5.74) is 5.77. The van der Waals surface area contributed by atoms with Crippen LogP contribution < -0.4 is 11.1 Å². The van der Waals surface area contributed by atoms with Crippen LogP contribution in [-0.2, 0) is 0 Å². The molecule has 2 amide bonds. The van der Waals surface area contributed by atoms with Gasteiger partial charge in [-0.15, -0.1) is 0 Å². The average Bonchev–Trinajstić information content (AvgIpc) is 2.69. The molecule has 82 valence electrons. The lowest BCUT2D eigenvalue weighted by Gasteiger charge is -2.03. The molecule has 0 aliphatic heterocycles. The highest BCUT2D eigenvalue weighted by molar-refractivity contribution is 6.33. The fourth-order valence-corrected chi connectivity index (χ4v) is 1.39. The molecule has 2 rings (SSSR count). The van der Waals surface area contributed by atoms with Crippen molar-refractivity contribution in [3.8, 4) is 11.6 Å². The van der Waals surface area contributed by atoms with Crippen LogP contribution in [0.4, 0.5) is 10.5 Å². The van der Waals surface area contributed by atoms with Gasteiger partial charge in [0.15, 0.2) is 0 Å². The van der Waals surface area contributed by atoms with E-state index in [1.54, 1.807) is 0 Å². The number of nitrogens with two attached hydrogens (primary N) is 1. The standard InChI is InChI=1S/C9H7ClN4O2/c10-6-3-5(14-9(11)15)4-13-7(6)8-12-1-2-16-8/h1-4H,(H3,11,14,15). The fourth-order valence-electron chi connectivity index (χ4n) is 1.15. The molecule has 0 saturated heterocycles. The Morgan fingerprint density at radius 3 is 2.88 bits per heavy atom. The fraction of sp³-hybridized carbons (Fsp3) is 0. The van der Waals surface area contributed by atoms with E-state index in [0.717, 1.165) is 0 Å². The molecule has 0 spiro atoms. The highest BCUT2D eigenvalue weighted by Crippen LogP contribution is 2.26. The molecule has 16 heavy (non-hydrogen) atoms. The molecule has 0 aromatic carbocycles. The molecule has 7 heteroatoms. The maximum absolute atomic E-state index is 10.6. The molecule has 2 heterocycles. The van der Waals surface area contributed by atoms with Crippen molar-refractivity contribution in [1.29, 1.82) is 0 Å². The van der Waals surface area contributed by atoms with Gasteiger partial charge in [0.25, 0.3) is 0 Å². The molecule has 2 aromatic heterocycles. The summed E-state index contributed by atoms with van der Waals surface area (Å²) in [6.45, 7) is 0. The maximum atomic E-state index is 10.6. The van der Waals surface area contributed by atoms with Crippen molar-refractivity contribution >= 4 is 23.3 Å². The van der Waals surface area contributed by atoms with Gasteiger partial charge in [-0.2, -0.15) is 0 Å². The van der Waals surface area contributed by atoms with Crippen LogP contribution in [0.3, 0.4) is 0 Å². The van der Waals surface area contributed by atoms with Crippen molar-refractivity contribution in [3.05, 3.63) is 29.7 Å². The van der Waals surface area contributed by atoms with E-state index in [0.29, 0.717) is 22.3 Å². The number of rotatable bonds is 2. The Balaban J connectivity index is 2.34. The highest BCUT2D eigenvalue weighted by Gasteiger charge is 2.10. The van der Waals surface area contributed by atoms with Gasteiger partial charge in [0.2, 0.25) is 5.89 Å². The van der Waals surface area contributed by atoms with Crippen LogP contribution >= 0.6 is 11.6 Å². The molecule has 3 N–H and O–H groups in total. The number of primary amides is 1. The lowest BCUT2D eigenvalue weighted by atomic mass is 10.3. The van der Waals surface area contributed by atoms with Crippen molar-refractivity contribution in [1.82, 2.24) is 9.97 Å². The first-order valence-corrected chi connectivity index (χ1v) is 4.66. The topological polar surface area (TPSA) is 94.0 Å². The summed E-state index contributed by atoms with van der Waals surface area (Å²) in [4.78, 5) is 18.5. The number of pyridine rings is 1. The third kappa shape index (κ3) is 2.12. The van der Waals surface area contributed by atoms with E-state index in [4.69, 9.17) is 21.8 Å². The molecule has 6 nitrogen and oxygen atoms in total. The Labute approximate surface area is 95.4 Å². The van der Waals surface area contributed by atoms with E-state index in [9.17, 15) is 4.79 Å². The van der Waals surface area contributed by atoms with Crippen LogP contribution in [0.15, 0.2) is 29.1 Å². The predicted octanol–water partition coefficient (Wildman–Crippen LogP) is 1.88. The second kappa shape index (κ2) is 4.19. The van der Waals surface area contributed by atoms with Crippen LogP contribution in [-0.4, -0.2) is 16.0 Å². The van der Waals surface area contributed by atoms with Gasteiger partial charge < -0.3 is 15.5 Å². The van der Waals surface area contributed by atoms with Crippen molar-refractivity contribution in [2.45, 2.75) is 0 Å². The van der Waals surface area contributed by atoms with E-state index in [1.807, 2.05) is 0 Å². The van der Waals surface area contributed by atoms with E-state index in [1.165, 1.54) is 24.7 Å². The first-order valence-electron chi connectivity index (χ1n) is 4.28. The molecule has 0 aliphatic carbocycles. The van der Waals surface area contributed by atoms with Crippen molar-refractivity contribution in [2.75, 3.05) is 5.32 Å². The summed E-state index contributed by atoms with van der Waals surface area (Å²) in [6.07, 6.45) is 4.32. The smallest absolute Gasteiger partial charge is 0.316 e. The molecule has 0 fully saturated rings. The van der Waals surface area contributed by atoms with E-state index in [-0.39, 0.29) is 0 Å². The number of hydrogen-bond donors (Lipinski definition) is 2. The van der Waals surface area contributed by atoms with E-state index in [2.05, 4.69) is 15.3 Å². The minimum absolute atomic E-state index is 0.314. The van der Waals surface area contributed by atoms with Gasteiger partial charge in [-0.1, -0.05) is 11.6 Å². The zero-order valence-corrected chi connectivity index (χ0v) is 8.73. The van der Waals surface area contributed by atoms with E-state index < -0.39 is 6.03 Å². The van der Waals surface area contributed by atoms with Crippen molar-refractivity contribution < 1.29 is 9.21 Å². The lowest BCUT2D eigenvalue weighted by Crippen LogP contribution is -2.19. The molecule has 0 bridgehead atoms. The molecule has 0 unspecified atom stereocenters. The minimum atomic E-state index is -0.679. The minimum Gasteiger partial charge on any atom is -0.443 e. The number of amides is 2. The number of nitrogens with zero attached hydrogens (tertiary/aromatic N) is 2. The van der Waals surface area contributed by atoms with Gasteiger partial charge in [0.1, 0.15) is 12.0 Å². The first-order chi connectivity index (χ1) is 7.66. The molecule has 0 atom stereocenters. The zero-order valence-electron chi connectivity index (χ0n) is 7.98. The van der Waals surface area contributed by atoms with Crippen LogP contribution in [0.5, 0.6) is 0 Å². The van der Waals surface area contributed by atoms with Gasteiger partial charge in [-0.25, -0.2) is 14.8 Å². The summed E-state index contributed by atoms with van der Waals surface area (Å²) >= 11 is 5.95. The third-order valence-electron chi connectivity index (χ3n) is 1.74. The van der Waals surface area contributed by atoms with Crippen molar-refractivity contribution in [2.24, 2.45) is 5.73 Å². The monoisotopic (exact) mass is 238 g/mol. The average molecular weight is 239 g/mol. The van der Waals surface area contributed by atoms with Crippen LogP contribution in [0.25, 0.3) is 11.6 Å². The number of anilines is 1. The van der Waals surface area contributed by atoms with Gasteiger partial charge in [-0.05, 0) is 6.07 Å². The molecule has 0 saturated carbocycles. The summed E-state index contributed by atoms with van der Waals surface area (Å²) in [6, 6.07) is 0.834. The van der Waals surface area contributed by atoms with Gasteiger partial charge in [0.05, 0.1) is 23.1 Å². The number of halogens is 1. The third-order valence-corrected chi connectivity index (χ3v) is 2.03. The Bertz CT molecular complexity index is 512. The Kier molecular flexibility index (Phi) is 2.74. The highest BCUT2D eigenvalue weighted by atomic mass is 35.5. The van der Waals surface area contributed by atoms with Crippen LogP contribution in [0, 0.1) is 0 Å². The number of oxazole rings is 1. The van der Waals surface area contributed by atoms with Gasteiger partial charge >= 0.3 is 6.03 Å². The quantitative estimate of drug-likeness (QED) is 0.835. The second-order valence-corrected chi connectivity index (χ2v) is 3.29.